The van der Waals surface area contributed by atoms with Gasteiger partial charge in [0.25, 0.3) is 0 Å². The zero-order valence-corrected chi connectivity index (χ0v) is 20.7. The molecular formula is C23H18BrF3S3. The van der Waals surface area contributed by atoms with Crippen molar-refractivity contribution in [3.8, 4) is 32.0 Å². The van der Waals surface area contributed by atoms with E-state index in [1.54, 1.807) is 34.0 Å². The van der Waals surface area contributed by atoms with E-state index in [1.807, 2.05) is 6.07 Å². The number of hydrogen-bond donors (Lipinski definition) is 0. The highest BCUT2D eigenvalue weighted by atomic mass is 79.9. The summed E-state index contributed by atoms with van der Waals surface area (Å²) in [5, 5.41) is 0. The minimum absolute atomic E-state index is 0.566. The molecule has 1 aromatic carbocycles. The number of alkyl halides is 3. The Bertz CT molecular complexity index is 1180. The van der Waals surface area contributed by atoms with Crippen molar-refractivity contribution in [1.82, 2.24) is 0 Å². The topological polar surface area (TPSA) is 0 Å². The minimum atomic E-state index is -4.37. The molecule has 30 heavy (non-hydrogen) atoms. The highest BCUT2D eigenvalue weighted by molar-refractivity contribution is 9.10. The lowest BCUT2D eigenvalue weighted by Crippen LogP contribution is -2.04. The van der Waals surface area contributed by atoms with Gasteiger partial charge in [0.1, 0.15) is 0 Å². The van der Waals surface area contributed by atoms with Gasteiger partial charge in [-0.05, 0) is 69.7 Å². The highest BCUT2D eigenvalue weighted by Gasteiger charge is 2.31. The van der Waals surface area contributed by atoms with Crippen LogP contribution in [0.3, 0.4) is 0 Å². The van der Waals surface area contributed by atoms with Gasteiger partial charge in [0.15, 0.2) is 0 Å². The number of hydrogen-bond acceptors (Lipinski definition) is 3. The Morgan fingerprint density at radius 2 is 1.30 bits per heavy atom. The fourth-order valence-electron chi connectivity index (χ4n) is 3.57. The lowest BCUT2D eigenvalue weighted by Gasteiger charge is -2.09. The van der Waals surface area contributed by atoms with E-state index in [4.69, 9.17) is 0 Å². The van der Waals surface area contributed by atoms with Crippen LogP contribution >= 0.6 is 49.9 Å². The summed E-state index contributed by atoms with van der Waals surface area (Å²) < 4.78 is 40.7. The first-order valence-electron chi connectivity index (χ1n) is 9.20. The standard InChI is InChI=1S/C23H18BrF3S3/c1-11-7-16(13(3)28-11)18-10-21(30-22(18)17-8-12(2)29-14(17)4)19-9-15(23(25,26)27)5-6-20(19)24/h5-10H,1-4H3. The average Bonchev–Trinajstić information content (AvgIpc) is 3.30. The number of aryl methyl sites for hydroxylation is 4. The smallest absolute Gasteiger partial charge is 0.166 e. The Hall–Kier alpha value is -1.41. The molecule has 0 radical (unpaired) electrons. The SMILES string of the molecule is Cc1cc(-c2cc(-c3cc(C(F)(F)F)ccc3Br)sc2-c2cc(C)sc2C)c(C)s1. The van der Waals surface area contributed by atoms with Crippen LogP contribution in [0.5, 0.6) is 0 Å². The Labute approximate surface area is 194 Å². The van der Waals surface area contributed by atoms with Crippen LogP contribution in [-0.2, 0) is 6.18 Å². The van der Waals surface area contributed by atoms with Crippen molar-refractivity contribution in [1.29, 1.82) is 0 Å². The van der Waals surface area contributed by atoms with E-state index in [1.165, 1.54) is 31.6 Å². The number of halogens is 4. The van der Waals surface area contributed by atoms with Gasteiger partial charge in [-0.1, -0.05) is 15.9 Å². The molecule has 4 aromatic rings. The molecule has 0 saturated heterocycles. The summed E-state index contributed by atoms with van der Waals surface area (Å²) in [4.78, 5) is 6.81. The van der Waals surface area contributed by atoms with E-state index in [0.29, 0.717) is 10.0 Å². The van der Waals surface area contributed by atoms with Crippen molar-refractivity contribution in [2.45, 2.75) is 33.9 Å². The molecule has 0 aliphatic rings. The third-order valence-electron chi connectivity index (χ3n) is 4.91. The van der Waals surface area contributed by atoms with Crippen LogP contribution in [0.25, 0.3) is 32.0 Å². The Morgan fingerprint density at radius 1 is 0.700 bits per heavy atom. The molecule has 0 aliphatic heterocycles. The third-order valence-corrected chi connectivity index (χ3v) is 8.73. The molecule has 156 valence electrons. The maximum absolute atomic E-state index is 13.3. The summed E-state index contributed by atoms with van der Waals surface area (Å²) in [5.74, 6) is 0. The molecule has 0 spiro atoms. The second kappa shape index (κ2) is 7.93. The van der Waals surface area contributed by atoms with Gasteiger partial charge in [-0.15, -0.1) is 34.0 Å². The van der Waals surface area contributed by atoms with Gasteiger partial charge >= 0.3 is 6.18 Å². The van der Waals surface area contributed by atoms with Crippen LogP contribution in [-0.4, -0.2) is 0 Å². The van der Waals surface area contributed by atoms with E-state index in [9.17, 15) is 13.2 Å². The largest absolute Gasteiger partial charge is 0.416 e. The predicted octanol–water partition coefficient (Wildman–Crippen LogP) is 9.89. The van der Waals surface area contributed by atoms with Crippen LogP contribution in [0.4, 0.5) is 13.2 Å². The van der Waals surface area contributed by atoms with Crippen molar-refractivity contribution in [2.75, 3.05) is 0 Å². The molecule has 3 heterocycles. The molecule has 7 heteroatoms. The lowest BCUT2D eigenvalue weighted by molar-refractivity contribution is -0.137. The predicted molar refractivity (Wildman–Crippen MR) is 128 cm³/mol. The van der Waals surface area contributed by atoms with Crippen LogP contribution in [0, 0.1) is 27.7 Å². The van der Waals surface area contributed by atoms with Gasteiger partial charge in [0.05, 0.1) is 5.56 Å². The Kier molecular flexibility index (Phi) is 5.77. The summed E-state index contributed by atoms with van der Waals surface area (Å²) >= 11 is 8.50. The normalized spacial score (nSPS) is 12.0. The van der Waals surface area contributed by atoms with Gasteiger partial charge in [-0.25, -0.2) is 0 Å². The van der Waals surface area contributed by atoms with Crippen LogP contribution in [0.15, 0.2) is 40.9 Å². The van der Waals surface area contributed by atoms with Crippen molar-refractivity contribution < 1.29 is 13.2 Å². The Balaban J connectivity index is 1.97. The minimum Gasteiger partial charge on any atom is -0.166 e. The first-order valence-corrected chi connectivity index (χ1v) is 12.4. The molecule has 4 rings (SSSR count). The first kappa shape index (κ1) is 21.8. The fourth-order valence-corrected chi connectivity index (χ4v) is 7.37. The number of benzene rings is 1. The first-order chi connectivity index (χ1) is 14.0. The molecule has 0 saturated carbocycles. The van der Waals surface area contributed by atoms with E-state index in [-0.39, 0.29) is 0 Å². The zero-order chi connectivity index (χ0) is 21.8. The molecule has 3 aromatic heterocycles. The summed E-state index contributed by atoms with van der Waals surface area (Å²) in [6.07, 6.45) is -4.37. The summed E-state index contributed by atoms with van der Waals surface area (Å²) in [7, 11) is 0. The van der Waals surface area contributed by atoms with Crippen molar-refractivity contribution in [3.63, 3.8) is 0 Å². The molecule has 0 fully saturated rings. The van der Waals surface area contributed by atoms with E-state index < -0.39 is 11.7 Å². The van der Waals surface area contributed by atoms with E-state index in [0.717, 1.165) is 32.5 Å². The van der Waals surface area contributed by atoms with E-state index >= 15 is 0 Å². The Morgan fingerprint density at radius 3 is 1.83 bits per heavy atom. The third kappa shape index (κ3) is 4.05. The molecule has 0 unspecified atom stereocenters. The van der Waals surface area contributed by atoms with Gasteiger partial charge < -0.3 is 0 Å². The molecular weight excluding hydrogens is 509 g/mol. The second-order valence-corrected chi connectivity index (χ2v) is 12.0. The molecule has 0 atom stereocenters. The molecule has 0 N–H and O–H groups in total. The average molecular weight is 527 g/mol. The zero-order valence-electron chi connectivity index (χ0n) is 16.7. The monoisotopic (exact) mass is 526 g/mol. The highest BCUT2D eigenvalue weighted by Crippen LogP contribution is 2.49. The summed E-state index contributed by atoms with van der Waals surface area (Å²) in [6, 6.07) is 10.2. The van der Waals surface area contributed by atoms with Crippen LogP contribution in [0.2, 0.25) is 0 Å². The quantitative estimate of drug-likeness (QED) is 0.249. The fraction of sp³-hybridized carbons (Fsp3) is 0.217. The lowest BCUT2D eigenvalue weighted by atomic mass is 10.0. The summed E-state index contributed by atoms with van der Waals surface area (Å²) in [5.41, 5.74) is 3.33. The number of rotatable bonds is 3. The van der Waals surface area contributed by atoms with Gasteiger partial charge in [-0.2, -0.15) is 13.2 Å². The maximum atomic E-state index is 13.3. The molecule has 0 amide bonds. The van der Waals surface area contributed by atoms with Gasteiger partial charge in [-0.3, -0.25) is 0 Å². The second-order valence-electron chi connectivity index (χ2n) is 7.20. The maximum Gasteiger partial charge on any atom is 0.416 e. The van der Waals surface area contributed by atoms with Crippen molar-refractivity contribution >= 4 is 49.9 Å². The van der Waals surface area contributed by atoms with Gasteiger partial charge in [0, 0.05) is 50.4 Å². The molecule has 0 bridgehead atoms. The van der Waals surface area contributed by atoms with Crippen LogP contribution < -0.4 is 0 Å². The van der Waals surface area contributed by atoms with E-state index in [2.05, 4.69) is 55.8 Å². The summed E-state index contributed by atoms with van der Waals surface area (Å²) in [6.45, 7) is 8.36. The van der Waals surface area contributed by atoms with Crippen molar-refractivity contribution in [3.05, 3.63) is 65.9 Å². The van der Waals surface area contributed by atoms with Crippen LogP contribution in [0.1, 0.15) is 25.1 Å². The molecule has 0 nitrogen and oxygen atoms in total. The number of thiophene rings is 3. The van der Waals surface area contributed by atoms with Crippen molar-refractivity contribution in [2.24, 2.45) is 0 Å². The molecule has 0 aliphatic carbocycles. The van der Waals surface area contributed by atoms with Gasteiger partial charge in [0.2, 0.25) is 0 Å².